The molecule has 11 heteroatoms. The molecule has 3 aromatic carbocycles. The first-order chi connectivity index (χ1) is 18.6. The summed E-state index contributed by atoms with van der Waals surface area (Å²) in [5.41, 5.74) is 0.903. The second-order valence-electron chi connectivity index (χ2n) is 8.76. The fourth-order valence-corrected chi connectivity index (χ4v) is 5.63. The molecule has 0 fully saturated rings. The number of hydrogen-bond donors (Lipinski definition) is 1. The Hall–Kier alpha value is -3.27. The number of hydrogen-bond acceptors (Lipinski definition) is 5. The molecule has 3 rings (SSSR count). The number of nitrogens with one attached hydrogen (secondary N) is 1. The molecule has 0 saturated carbocycles. The van der Waals surface area contributed by atoms with Crippen LogP contribution in [0.1, 0.15) is 25.8 Å². The normalized spacial score (nSPS) is 11.9. The molecule has 1 atom stereocenters. The highest BCUT2D eigenvalue weighted by molar-refractivity contribution is 7.92. The topological polar surface area (TPSA) is 96.0 Å². The van der Waals surface area contributed by atoms with Gasteiger partial charge in [0.05, 0.1) is 22.7 Å². The quantitative estimate of drug-likeness (QED) is 0.314. The van der Waals surface area contributed by atoms with Gasteiger partial charge in [0.15, 0.2) is 0 Å². The summed E-state index contributed by atoms with van der Waals surface area (Å²) in [6.45, 7) is 3.48. The van der Waals surface area contributed by atoms with Gasteiger partial charge >= 0.3 is 0 Å². The molecular formula is C28H31Cl2N3O5S. The average molecular weight is 593 g/mol. The zero-order chi connectivity index (χ0) is 28.6. The Balaban J connectivity index is 2.03. The second kappa shape index (κ2) is 13.7. The third kappa shape index (κ3) is 7.65. The van der Waals surface area contributed by atoms with Crippen LogP contribution in [0, 0.1) is 0 Å². The van der Waals surface area contributed by atoms with Crippen LogP contribution in [-0.4, -0.2) is 51.4 Å². The Bertz CT molecular complexity index is 1390. The van der Waals surface area contributed by atoms with Gasteiger partial charge in [-0.05, 0) is 61.4 Å². The van der Waals surface area contributed by atoms with E-state index < -0.39 is 28.5 Å². The zero-order valence-electron chi connectivity index (χ0n) is 21.9. The lowest BCUT2D eigenvalue weighted by atomic mass is 10.1. The van der Waals surface area contributed by atoms with E-state index in [0.29, 0.717) is 17.3 Å². The van der Waals surface area contributed by atoms with Crippen molar-refractivity contribution in [3.63, 3.8) is 0 Å². The summed E-state index contributed by atoms with van der Waals surface area (Å²) in [5, 5.41) is 3.52. The van der Waals surface area contributed by atoms with Gasteiger partial charge in [-0.1, -0.05) is 60.5 Å². The van der Waals surface area contributed by atoms with Crippen LogP contribution in [0.4, 0.5) is 5.69 Å². The Morgan fingerprint density at radius 2 is 1.67 bits per heavy atom. The number of benzene rings is 3. The van der Waals surface area contributed by atoms with E-state index in [4.69, 9.17) is 27.9 Å². The Kier molecular flexibility index (Phi) is 10.6. The molecule has 2 amide bonds. The lowest BCUT2D eigenvalue weighted by molar-refractivity contribution is -0.139. The van der Waals surface area contributed by atoms with Crippen molar-refractivity contribution in [1.29, 1.82) is 0 Å². The van der Waals surface area contributed by atoms with E-state index in [2.05, 4.69) is 5.32 Å². The van der Waals surface area contributed by atoms with Gasteiger partial charge in [0.25, 0.3) is 10.0 Å². The number of amides is 2. The molecule has 0 aliphatic rings. The minimum absolute atomic E-state index is 0.00253. The van der Waals surface area contributed by atoms with Gasteiger partial charge in [0.1, 0.15) is 18.3 Å². The lowest BCUT2D eigenvalue weighted by Gasteiger charge is -2.32. The molecule has 208 valence electrons. The van der Waals surface area contributed by atoms with Crippen LogP contribution in [0.3, 0.4) is 0 Å². The summed E-state index contributed by atoms with van der Waals surface area (Å²) in [6, 6.07) is 18.3. The average Bonchev–Trinajstić information content (AvgIpc) is 2.94. The first-order valence-electron chi connectivity index (χ1n) is 12.3. The number of ether oxygens (including phenoxy) is 1. The standard InChI is InChI=1S/C28H31Cl2N3O5S/c1-4-16-31-28(35)20(2)32(18-21-10-12-22(29)13-11-21)27(34)19-33(23-14-15-26(38-3)25(30)17-23)39(36,37)24-8-6-5-7-9-24/h5-15,17,20H,4,16,18-19H2,1-3H3,(H,31,35)/t20-/m0/s1. The van der Waals surface area contributed by atoms with Crippen molar-refractivity contribution in [2.45, 2.75) is 37.8 Å². The number of methoxy groups -OCH3 is 1. The molecule has 39 heavy (non-hydrogen) atoms. The molecule has 3 aromatic rings. The predicted molar refractivity (Wildman–Crippen MR) is 154 cm³/mol. The fourth-order valence-electron chi connectivity index (χ4n) is 3.82. The second-order valence-corrected chi connectivity index (χ2v) is 11.5. The van der Waals surface area contributed by atoms with E-state index in [1.165, 1.54) is 42.3 Å². The van der Waals surface area contributed by atoms with Crippen LogP contribution in [0.2, 0.25) is 10.0 Å². The molecule has 0 heterocycles. The lowest BCUT2D eigenvalue weighted by Crippen LogP contribution is -2.51. The molecule has 0 aliphatic heterocycles. The summed E-state index contributed by atoms with van der Waals surface area (Å²) in [4.78, 5) is 28.1. The minimum Gasteiger partial charge on any atom is -0.495 e. The maximum absolute atomic E-state index is 13.9. The highest BCUT2D eigenvalue weighted by Crippen LogP contribution is 2.32. The summed E-state index contributed by atoms with van der Waals surface area (Å²) in [7, 11) is -2.74. The van der Waals surface area contributed by atoms with Gasteiger partial charge in [-0.3, -0.25) is 13.9 Å². The van der Waals surface area contributed by atoms with Crippen molar-refractivity contribution < 1.29 is 22.7 Å². The van der Waals surface area contributed by atoms with Crippen LogP contribution >= 0.6 is 23.2 Å². The maximum atomic E-state index is 13.9. The zero-order valence-corrected chi connectivity index (χ0v) is 24.3. The molecule has 8 nitrogen and oxygen atoms in total. The molecule has 0 unspecified atom stereocenters. The van der Waals surface area contributed by atoms with Gasteiger partial charge in [-0.15, -0.1) is 0 Å². The monoisotopic (exact) mass is 591 g/mol. The van der Waals surface area contributed by atoms with Crippen molar-refractivity contribution in [1.82, 2.24) is 10.2 Å². The smallest absolute Gasteiger partial charge is 0.264 e. The van der Waals surface area contributed by atoms with Crippen LogP contribution in [-0.2, 0) is 26.2 Å². The van der Waals surface area contributed by atoms with Crippen LogP contribution in [0.15, 0.2) is 77.7 Å². The SMILES string of the molecule is CCCNC(=O)[C@H](C)N(Cc1ccc(Cl)cc1)C(=O)CN(c1ccc(OC)c(Cl)c1)S(=O)(=O)c1ccccc1. The van der Waals surface area contributed by atoms with E-state index >= 15 is 0 Å². The van der Waals surface area contributed by atoms with Crippen molar-refractivity contribution >= 4 is 50.7 Å². The molecule has 0 radical (unpaired) electrons. The number of carbonyl (C=O) groups is 2. The largest absolute Gasteiger partial charge is 0.495 e. The van der Waals surface area contributed by atoms with Gasteiger partial charge in [0.2, 0.25) is 11.8 Å². The molecule has 0 saturated heterocycles. The Morgan fingerprint density at radius 1 is 1.00 bits per heavy atom. The van der Waals surface area contributed by atoms with E-state index in [-0.39, 0.29) is 28.1 Å². The van der Waals surface area contributed by atoms with E-state index in [1.807, 2.05) is 6.92 Å². The Labute approximate surface area is 239 Å². The minimum atomic E-state index is -4.19. The number of rotatable bonds is 12. The van der Waals surface area contributed by atoms with Gasteiger partial charge in [-0.25, -0.2) is 8.42 Å². The fraction of sp³-hybridized carbons (Fsp3) is 0.286. The maximum Gasteiger partial charge on any atom is 0.264 e. The molecular weight excluding hydrogens is 561 g/mol. The summed E-state index contributed by atoms with van der Waals surface area (Å²) in [6.07, 6.45) is 0.727. The van der Waals surface area contributed by atoms with Crippen molar-refractivity contribution in [3.05, 3.63) is 88.4 Å². The third-order valence-corrected chi connectivity index (χ3v) is 8.35. The highest BCUT2D eigenvalue weighted by atomic mass is 35.5. The summed E-state index contributed by atoms with van der Waals surface area (Å²) < 4.78 is 33.8. The number of anilines is 1. The van der Waals surface area contributed by atoms with Crippen molar-refractivity contribution in [2.75, 3.05) is 24.5 Å². The number of sulfonamides is 1. The van der Waals surface area contributed by atoms with Crippen molar-refractivity contribution in [3.8, 4) is 5.75 Å². The van der Waals surface area contributed by atoms with Crippen LogP contribution < -0.4 is 14.4 Å². The van der Waals surface area contributed by atoms with Gasteiger partial charge < -0.3 is 15.0 Å². The van der Waals surface area contributed by atoms with Gasteiger partial charge in [-0.2, -0.15) is 0 Å². The van der Waals surface area contributed by atoms with Gasteiger partial charge in [0, 0.05) is 18.1 Å². The molecule has 0 aliphatic carbocycles. The first-order valence-corrected chi connectivity index (χ1v) is 14.5. The Morgan fingerprint density at radius 3 is 2.26 bits per heavy atom. The number of halogens is 2. The third-order valence-electron chi connectivity index (χ3n) is 6.02. The summed E-state index contributed by atoms with van der Waals surface area (Å²) in [5.74, 6) is -0.561. The first kappa shape index (κ1) is 30.3. The highest BCUT2D eigenvalue weighted by Gasteiger charge is 2.32. The molecule has 0 aromatic heterocycles. The molecule has 1 N–H and O–H groups in total. The predicted octanol–water partition coefficient (Wildman–Crippen LogP) is 5.14. The number of carbonyl (C=O) groups excluding carboxylic acids is 2. The molecule has 0 bridgehead atoms. The van der Waals surface area contributed by atoms with E-state index in [1.54, 1.807) is 49.4 Å². The number of nitrogens with zero attached hydrogens (tertiary/aromatic N) is 2. The van der Waals surface area contributed by atoms with E-state index in [0.717, 1.165) is 16.3 Å². The van der Waals surface area contributed by atoms with E-state index in [9.17, 15) is 18.0 Å². The summed E-state index contributed by atoms with van der Waals surface area (Å²) >= 11 is 12.3. The van der Waals surface area contributed by atoms with Crippen LogP contribution in [0.5, 0.6) is 5.75 Å². The van der Waals surface area contributed by atoms with Crippen molar-refractivity contribution in [2.24, 2.45) is 0 Å². The molecule has 0 spiro atoms. The van der Waals surface area contributed by atoms with Crippen LogP contribution in [0.25, 0.3) is 0 Å².